The van der Waals surface area contributed by atoms with E-state index in [1.165, 1.54) is 19.3 Å². The molecular weight excluding hydrogens is 204 g/mol. The van der Waals surface area contributed by atoms with Gasteiger partial charge in [0.25, 0.3) is 0 Å². The van der Waals surface area contributed by atoms with Crippen LogP contribution < -0.4 is 10.6 Å². The van der Waals surface area contributed by atoms with Gasteiger partial charge in [0, 0.05) is 0 Å². The second-order valence-corrected chi connectivity index (χ2v) is 4.58. The van der Waals surface area contributed by atoms with Crippen LogP contribution in [0.3, 0.4) is 0 Å². The second kappa shape index (κ2) is 6.63. The van der Waals surface area contributed by atoms with Crippen molar-refractivity contribution in [3.05, 3.63) is 0 Å². The fraction of sp³-hybridized carbons (Fsp3) is 0.833. The fourth-order valence-electron chi connectivity index (χ4n) is 2.18. The predicted molar refractivity (Wildman–Crippen MR) is 63.1 cm³/mol. The summed E-state index contributed by atoms with van der Waals surface area (Å²) in [5.41, 5.74) is 0. The zero-order valence-electron chi connectivity index (χ0n) is 10.2. The third-order valence-corrected chi connectivity index (χ3v) is 3.44. The number of aldehydes is 1. The Morgan fingerprint density at radius 3 is 2.44 bits per heavy atom. The summed E-state index contributed by atoms with van der Waals surface area (Å²) in [6.45, 7) is 1.79. The van der Waals surface area contributed by atoms with Gasteiger partial charge in [-0.15, -0.1) is 0 Å². The van der Waals surface area contributed by atoms with Crippen LogP contribution >= 0.6 is 0 Å². The largest absolute Gasteiger partial charge is 0.345 e. The van der Waals surface area contributed by atoms with E-state index >= 15 is 0 Å². The van der Waals surface area contributed by atoms with E-state index in [1.54, 1.807) is 14.0 Å². The maximum absolute atomic E-state index is 11.7. The maximum atomic E-state index is 11.7. The Kier molecular flexibility index (Phi) is 5.46. The van der Waals surface area contributed by atoms with Crippen molar-refractivity contribution in [3.8, 4) is 0 Å². The van der Waals surface area contributed by atoms with E-state index < -0.39 is 0 Å². The van der Waals surface area contributed by atoms with E-state index in [4.69, 9.17) is 0 Å². The molecule has 0 saturated heterocycles. The highest BCUT2D eigenvalue weighted by Gasteiger charge is 2.25. The number of hydrogen-bond acceptors (Lipinski definition) is 3. The van der Waals surface area contributed by atoms with Crippen LogP contribution in [0.15, 0.2) is 0 Å². The monoisotopic (exact) mass is 226 g/mol. The first kappa shape index (κ1) is 13.2. The highest BCUT2D eigenvalue weighted by atomic mass is 16.2. The third kappa shape index (κ3) is 3.59. The van der Waals surface area contributed by atoms with Crippen LogP contribution in [0.2, 0.25) is 0 Å². The molecule has 1 rings (SSSR count). The second-order valence-electron chi connectivity index (χ2n) is 4.58. The van der Waals surface area contributed by atoms with E-state index in [9.17, 15) is 9.59 Å². The van der Waals surface area contributed by atoms with Crippen LogP contribution in [0.5, 0.6) is 0 Å². The minimum absolute atomic E-state index is 0.0924. The standard InChI is InChI=1S/C12H22N2O2/c1-9(13-2)12(16)14-11(8-15)10-6-4-3-5-7-10/h8-11,13H,3-7H2,1-2H3,(H,14,16). The summed E-state index contributed by atoms with van der Waals surface area (Å²) >= 11 is 0. The smallest absolute Gasteiger partial charge is 0.237 e. The van der Waals surface area contributed by atoms with Crippen LogP contribution in [0, 0.1) is 5.92 Å². The molecule has 92 valence electrons. The Morgan fingerprint density at radius 1 is 1.31 bits per heavy atom. The molecule has 2 atom stereocenters. The molecule has 0 bridgehead atoms. The summed E-state index contributed by atoms with van der Waals surface area (Å²) in [6, 6.07) is -0.547. The molecule has 2 unspecified atom stereocenters. The van der Waals surface area contributed by atoms with Crippen molar-refractivity contribution in [3.63, 3.8) is 0 Å². The molecule has 0 aromatic rings. The first-order chi connectivity index (χ1) is 7.69. The van der Waals surface area contributed by atoms with Gasteiger partial charge in [-0.2, -0.15) is 0 Å². The van der Waals surface area contributed by atoms with Crippen LogP contribution in [0.25, 0.3) is 0 Å². The molecule has 0 radical (unpaired) electrons. The molecule has 0 aromatic carbocycles. The SMILES string of the molecule is CNC(C)C(=O)NC(C=O)C1CCCCC1. The number of nitrogens with one attached hydrogen (secondary N) is 2. The van der Waals surface area contributed by atoms with Gasteiger partial charge in [0.2, 0.25) is 5.91 Å². The first-order valence-electron chi connectivity index (χ1n) is 6.12. The molecule has 1 saturated carbocycles. The van der Waals surface area contributed by atoms with E-state index in [0.717, 1.165) is 19.1 Å². The topological polar surface area (TPSA) is 58.2 Å². The third-order valence-electron chi connectivity index (χ3n) is 3.44. The zero-order chi connectivity index (χ0) is 12.0. The van der Waals surface area contributed by atoms with E-state index in [2.05, 4.69) is 10.6 Å². The van der Waals surface area contributed by atoms with Crippen molar-refractivity contribution < 1.29 is 9.59 Å². The molecular formula is C12H22N2O2. The molecule has 0 aromatic heterocycles. The molecule has 4 heteroatoms. The summed E-state index contributed by atoms with van der Waals surface area (Å²) in [5, 5.41) is 5.69. The van der Waals surface area contributed by atoms with Crippen LogP contribution in [0.4, 0.5) is 0 Å². The van der Waals surface area contributed by atoms with E-state index in [0.29, 0.717) is 5.92 Å². The Morgan fingerprint density at radius 2 is 1.94 bits per heavy atom. The zero-order valence-corrected chi connectivity index (χ0v) is 10.2. The van der Waals surface area contributed by atoms with Crippen LogP contribution in [-0.4, -0.2) is 31.3 Å². The number of amides is 1. The number of hydrogen-bond donors (Lipinski definition) is 2. The van der Waals surface area contributed by atoms with Gasteiger partial charge in [-0.1, -0.05) is 19.3 Å². The molecule has 16 heavy (non-hydrogen) atoms. The van der Waals surface area contributed by atoms with E-state index in [-0.39, 0.29) is 18.0 Å². The molecule has 4 nitrogen and oxygen atoms in total. The fourth-order valence-corrected chi connectivity index (χ4v) is 2.18. The van der Waals surface area contributed by atoms with Crippen molar-refractivity contribution in [2.75, 3.05) is 7.05 Å². The molecule has 0 heterocycles. The van der Waals surface area contributed by atoms with Gasteiger partial charge >= 0.3 is 0 Å². The van der Waals surface area contributed by atoms with Crippen LogP contribution in [-0.2, 0) is 9.59 Å². The van der Waals surface area contributed by atoms with Gasteiger partial charge in [0.15, 0.2) is 0 Å². The molecule has 0 aliphatic heterocycles. The van der Waals surface area contributed by atoms with Gasteiger partial charge < -0.3 is 15.4 Å². The van der Waals surface area contributed by atoms with Crippen molar-refractivity contribution in [1.82, 2.24) is 10.6 Å². The Labute approximate surface area is 97.2 Å². The van der Waals surface area contributed by atoms with Crippen molar-refractivity contribution in [2.24, 2.45) is 5.92 Å². The normalized spacial score (nSPS) is 21.1. The summed E-state index contributed by atoms with van der Waals surface area (Å²) in [7, 11) is 1.74. The molecule has 1 aliphatic rings. The maximum Gasteiger partial charge on any atom is 0.237 e. The number of carbonyl (C=O) groups is 2. The van der Waals surface area contributed by atoms with Crippen molar-refractivity contribution >= 4 is 12.2 Å². The Balaban J connectivity index is 2.47. The average molecular weight is 226 g/mol. The molecule has 2 N–H and O–H groups in total. The number of rotatable bonds is 5. The predicted octanol–water partition coefficient (Wildman–Crippen LogP) is 0.858. The quantitative estimate of drug-likeness (QED) is 0.684. The molecule has 1 fully saturated rings. The van der Waals surface area contributed by atoms with E-state index in [1.807, 2.05) is 0 Å². The van der Waals surface area contributed by atoms with Crippen molar-refractivity contribution in [1.29, 1.82) is 0 Å². The lowest BCUT2D eigenvalue weighted by atomic mass is 9.84. The summed E-state index contributed by atoms with van der Waals surface area (Å²) in [6.07, 6.45) is 6.59. The first-order valence-corrected chi connectivity index (χ1v) is 6.12. The Bertz CT molecular complexity index is 237. The van der Waals surface area contributed by atoms with Crippen LogP contribution in [0.1, 0.15) is 39.0 Å². The highest BCUT2D eigenvalue weighted by Crippen LogP contribution is 2.25. The molecule has 0 spiro atoms. The average Bonchev–Trinajstić information content (AvgIpc) is 2.35. The van der Waals surface area contributed by atoms with Gasteiger partial charge in [-0.25, -0.2) is 0 Å². The lowest BCUT2D eigenvalue weighted by Gasteiger charge is -2.28. The van der Waals surface area contributed by atoms with Gasteiger partial charge in [-0.05, 0) is 32.7 Å². The van der Waals surface area contributed by atoms with Gasteiger partial charge in [-0.3, -0.25) is 4.79 Å². The van der Waals surface area contributed by atoms with Crippen molar-refractivity contribution in [2.45, 2.75) is 51.1 Å². The summed E-state index contributed by atoms with van der Waals surface area (Å²) in [4.78, 5) is 22.7. The summed E-state index contributed by atoms with van der Waals surface area (Å²) < 4.78 is 0. The number of carbonyl (C=O) groups excluding carboxylic acids is 2. The lowest BCUT2D eigenvalue weighted by Crippen LogP contribution is -2.48. The van der Waals surface area contributed by atoms with Gasteiger partial charge in [0.05, 0.1) is 12.1 Å². The highest BCUT2D eigenvalue weighted by molar-refractivity contribution is 5.84. The minimum atomic E-state index is -0.302. The van der Waals surface area contributed by atoms with Gasteiger partial charge in [0.1, 0.15) is 6.29 Å². The number of likely N-dealkylation sites (N-methyl/N-ethyl adjacent to an activating group) is 1. The molecule has 1 amide bonds. The molecule has 1 aliphatic carbocycles. The minimum Gasteiger partial charge on any atom is -0.345 e. The Hall–Kier alpha value is -0.900. The summed E-state index contributed by atoms with van der Waals surface area (Å²) in [5.74, 6) is 0.240. The lowest BCUT2D eigenvalue weighted by molar-refractivity contribution is -0.126.